The molecule has 0 spiro atoms. The van der Waals surface area contributed by atoms with Crippen molar-refractivity contribution in [2.24, 2.45) is 16.8 Å². The van der Waals surface area contributed by atoms with Crippen molar-refractivity contribution in [3.63, 3.8) is 0 Å². The topological polar surface area (TPSA) is 40.5 Å². The lowest BCUT2D eigenvalue weighted by Gasteiger charge is -2.22. The summed E-state index contributed by atoms with van der Waals surface area (Å²) in [6.45, 7) is 5.38. The van der Waals surface area contributed by atoms with Crippen molar-refractivity contribution < 1.29 is 13.2 Å². The molecule has 0 amide bonds. The Morgan fingerprint density at radius 1 is 1.32 bits per heavy atom. The zero-order valence-corrected chi connectivity index (χ0v) is 15.3. The third kappa shape index (κ3) is 4.65. The molecule has 2 heterocycles. The van der Waals surface area contributed by atoms with Gasteiger partial charge in [-0.3, -0.25) is 4.99 Å². The molecule has 2 fully saturated rings. The van der Waals surface area contributed by atoms with E-state index in [1.807, 2.05) is 6.92 Å². The lowest BCUT2D eigenvalue weighted by molar-refractivity contribution is -0.140. The van der Waals surface area contributed by atoms with Crippen molar-refractivity contribution in [2.75, 3.05) is 26.2 Å². The summed E-state index contributed by atoms with van der Waals surface area (Å²) in [5.74, 6) is 2.43. The summed E-state index contributed by atoms with van der Waals surface area (Å²) >= 11 is 1.06. The number of hydrogen-bond acceptors (Lipinski definition) is 3. The molecule has 3 rings (SSSR count). The number of aromatic nitrogens is 1. The van der Waals surface area contributed by atoms with E-state index in [4.69, 9.17) is 0 Å². The normalized spacial score (nSPS) is 24.5. The van der Waals surface area contributed by atoms with E-state index >= 15 is 0 Å². The van der Waals surface area contributed by atoms with Gasteiger partial charge in [-0.05, 0) is 31.6 Å². The van der Waals surface area contributed by atoms with Gasteiger partial charge in [0, 0.05) is 38.0 Å². The van der Waals surface area contributed by atoms with Gasteiger partial charge < -0.3 is 10.2 Å². The van der Waals surface area contributed by atoms with Gasteiger partial charge >= 0.3 is 6.18 Å². The van der Waals surface area contributed by atoms with Crippen LogP contribution in [0.1, 0.15) is 43.3 Å². The summed E-state index contributed by atoms with van der Waals surface area (Å²) in [5, 5.41) is 4.90. The van der Waals surface area contributed by atoms with E-state index in [0.717, 1.165) is 54.1 Å². The average Bonchev–Trinajstić information content (AvgIpc) is 3.20. The number of halogens is 3. The fraction of sp³-hybridized carbons (Fsp3) is 0.765. The second-order valence-corrected chi connectivity index (χ2v) is 7.76. The lowest BCUT2D eigenvalue weighted by Crippen LogP contribution is -2.40. The second kappa shape index (κ2) is 7.93. The number of nitrogens with zero attached hydrogens (tertiary/aromatic N) is 3. The van der Waals surface area contributed by atoms with Crippen molar-refractivity contribution in [3.8, 4) is 0 Å². The Balaban J connectivity index is 1.58. The average molecular weight is 374 g/mol. The predicted octanol–water partition coefficient (Wildman–Crippen LogP) is 3.79. The zero-order chi connectivity index (χ0) is 17.9. The number of fused-ring (bicyclic) bond motifs is 1. The Labute approximate surface area is 150 Å². The first-order chi connectivity index (χ1) is 12.0. The highest BCUT2D eigenvalue weighted by Gasteiger charge is 2.35. The number of aliphatic imine (C=N–C) groups is 1. The van der Waals surface area contributed by atoms with Crippen LogP contribution in [0.2, 0.25) is 0 Å². The molecular formula is C17H25F3N4S. The molecule has 0 radical (unpaired) electrons. The summed E-state index contributed by atoms with van der Waals surface area (Å²) < 4.78 is 37.8. The minimum Gasteiger partial charge on any atom is -0.357 e. The molecule has 2 aliphatic rings. The third-order valence-corrected chi connectivity index (χ3v) is 5.95. The summed E-state index contributed by atoms with van der Waals surface area (Å²) in [7, 11) is 0. The quantitative estimate of drug-likeness (QED) is 0.644. The molecule has 1 aromatic rings. The molecular weight excluding hydrogens is 349 g/mol. The SMILES string of the molecule is CCNC(=NCCc1nc(C(F)(F)F)cs1)N1CC2CCCCC2C1. The molecule has 140 valence electrons. The minimum absolute atomic E-state index is 0.441. The fourth-order valence-electron chi connectivity index (χ4n) is 3.82. The Kier molecular flexibility index (Phi) is 5.86. The third-order valence-electron chi connectivity index (χ3n) is 5.04. The van der Waals surface area contributed by atoms with Crippen LogP contribution in [0.5, 0.6) is 0 Å². The van der Waals surface area contributed by atoms with Crippen LogP contribution in [-0.4, -0.2) is 42.0 Å². The standard InChI is InChI=1S/C17H25F3N4S/c1-2-21-16(24-9-12-5-3-4-6-13(12)10-24)22-8-7-15-23-14(11-25-15)17(18,19)20/h11-13H,2-10H2,1H3,(H,21,22). The molecule has 2 atom stereocenters. The van der Waals surface area contributed by atoms with Crippen LogP contribution in [0.4, 0.5) is 13.2 Å². The Morgan fingerprint density at radius 3 is 2.56 bits per heavy atom. The van der Waals surface area contributed by atoms with Gasteiger partial charge in [0.2, 0.25) is 0 Å². The van der Waals surface area contributed by atoms with E-state index in [2.05, 4.69) is 20.2 Å². The number of rotatable bonds is 4. The summed E-state index contributed by atoms with van der Waals surface area (Å²) in [5.41, 5.74) is -0.799. The maximum atomic E-state index is 12.6. The number of alkyl halides is 3. The highest BCUT2D eigenvalue weighted by atomic mass is 32.1. The van der Waals surface area contributed by atoms with Crippen LogP contribution in [0, 0.1) is 11.8 Å². The lowest BCUT2D eigenvalue weighted by atomic mass is 9.82. The minimum atomic E-state index is -4.36. The number of nitrogens with one attached hydrogen (secondary N) is 1. The van der Waals surface area contributed by atoms with Gasteiger partial charge in [-0.1, -0.05) is 12.8 Å². The van der Waals surface area contributed by atoms with Crippen LogP contribution >= 0.6 is 11.3 Å². The maximum Gasteiger partial charge on any atom is 0.434 e. The van der Waals surface area contributed by atoms with Gasteiger partial charge in [-0.25, -0.2) is 4.98 Å². The van der Waals surface area contributed by atoms with Crippen molar-refractivity contribution in [1.29, 1.82) is 0 Å². The van der Waals surface area contributed by atoms with Crippen molar-refractivity contribution in [2.45, 2.75) is 45.2 Å². The first-order valence-corrected chi connectivity index (χ1v) is 9.90. The molecule has 0 bridgehead atoms. The van der Waals surface area contributed by atoms with E-state index in [-0.39, 0.29) is 0 Å². The van der Waals surface area contributed by atoms with E-state index < -0.39 is 11.9 Å². The maximum absolute atomic E-state index is 12.6. The summed E-state index contributed by atoms with van der Waals surface area (Å²) in [6, 6.07) is 0. The Bertz CT molecular complexity index is 585. The van der Waals surface area contributed by atoms with Crippen molar-refractivity contribution in [3.05, 3.63) is 16.1 Å². The fourth-order valence-corrected chi connectivity index (χ4v) is 4.61. The van der Waals surface area contributed by atoms with Gasteiger partial charge in [0.25, 0.3) is 0 Å². The van der Waals surface area contributed by atoms with E-state index in [1.54, 1.807) is 0 Å². The van der Waals surface area contributed by atoms with E-state index in [9.17, 15) is 13.2 Å². The number of guanidine groups is 1. The molecule has 1 aliphatic carbocycles. The molecule has 25 heavy (non-hydrogen) atoms. The van der Waals surface area contributed by atoms with Gasteiger partial charge in [-0.2, -0.15) is 13.2 Å². The van der Waals surface area contributed by atoms with Crippen molar-refractivity contribution in [1.82, 2.24) is 15.2 Å². The Hall–Kier alpha value is -1.31. The largest absolute Gasteiger partial charge is 0.434 e. The number of thiazole rings is 1. The zero-order valence-electron chi connectivity index (χ0n) is 14.5. The molecule has 1 aliphatic heterocycles. The van der Waals surface area contributed by atoms with Gasteiger partial charge in [0.05, 0.1) is 5.01 Å². The molecule has 4 nitrogen and oxygen atoms in total. The first-order valence-electron chi connectivity index (χ1n) is 9.02. The van der Waals surface area contributed by atoms with Crippen LogP contribution < -0.4 is 5.32 Å². The van der Waals surface area contributed by atoms with Gasteiger partial charge in [-0.15, -0.1) is 11.3 Å². The van der Waals surface area contributed by atoms with Gasteiger partial charge in [0.1, 0.15) is 0 Å². The summed E-state index contributed by atoms with van der Waals surface area (Å²) in [4.78, 5) is 10.6. The highest BCUT2D eigenvalue weighted by Crippen LogP contribution is 2.36. The second-order valence-electron chi connectivity index (χ2n) is 6.82. The Morgan fingerprint density at radius 2 is 2.00 bits per heavy atom. The van der Waals surface area contributed by atoms with Crippen LogP contribution in [0.25, 0.3) is 0 Å². The van der Waals surface area contributed by atoms with E-state index in [0.29, 0.717) is 18.0 Å². The number of hydrogen-bond donors (Lipinski definition) is 1. The number of likely N-dealkylation sites (tertiary alicyclic amines) is 1. The summed E-state index contributed by atoms with van der Waals surface area (Å²) in [6.07, 6.45) is 1.34. The molecule has 0 aromatic carbocycles. The predicted molar refractivity (Wildman–Crippen MR) is 93.8 cm³/mol. The van der Waals surface area contributed by atoms with Crippen LogP contribution in [-0.2, 0) is 12.6 Å². The first kappa shape index (κ1) is 18.5. The monoisotopic (exact) mass is 374 g/mol. The smallest absolute Gasteiger partial charge is 0.357 e. The molecule has 1 N–H and O–H groups in total. The molecule has 2 unspecified atom stereocenters. The van der Waals surface area contributed by atoms with Gasteiger partial charge in [0.15, 0.2) is 11.7 Å². The molecule has 1 saturated carbocycles. The van der Waals surface area contributed by atoms with Crippen molar-refractivity contribution >= 4 is 17.3 Å². The molecule has 8 heteroatoms. The highest BCUT2D eigenvalue weighted by molar-refractivity contribution is 7.09. The molecule has 1 aromatic heterocycles. The molecule has 1 saturated heterocycles. The van der Waals surface area contributed by atoms with Crippen LogP contribution in [0.3, 0.4) is 0 Å². The van der Waals surface area contributed by atoms with E-state index in [1.165, 1.54) is 25.7 Å². The van der Waals surface area contributed by atoms with Crippen LogP contribution in [0.15, 0.2) is 10.4 Å².